The van der Waals surface area contributed by atoms with Crippen molar-refractivity contribution in [3.63, 3.8) is 0 Å². The zero-order chi connectivity index (χ0) is 14.3. The maximum absolute atomic E-state index is 13.0. The van der Waals surface area contributed by atoms with Crippen molar-refractivity contribution in [1.82, 2.24) is 0 Å². The zero-order valence-electron chi connectivity index (χ0n) is 10.5. The lowest BCUT2D eigenvalue weighted by Crippen LogP contribution is -1.99. The zero-order valence-corrected chi connectivity index (χ0v) is 10.5. The predicted octanol–water partition coefficient (Wildman–Crippen LogP) is 4.17. The van der Waals surface area contributed by atoms with Crippen LogP contribution in [0.4, 0.5) is 8.78 Å². The minimum absolute atomic E-state index is 0.0991. The second-order valence-electron chi connectivity index (χ2n) is 4.99. The van der Waals surface area contributed by atoms with Crippen LogP contribution in [-0.4, -0.2) is 17.0 Å². The van der Waals surface area contributed by atoms with E-state index in [1.54, 1.807) is 42.5 Å². The van der Waals surface area contributed by atoms with Crippen LogP contribution in [0.3, 0.4) is 0 Å². The number of hydrogen-bond donors (Lipinski definition) is 1. The third kappa shape index (κ3) is 2.18. The van der Waals surface area contributed by atoms with Gasteiger partial charge >= 0.3 is 5.97 Å². The van der Waals surface area contributed by atoms with Gasteiger partial charge < -0.3 is 5.11 Å². The minimum Gasteiger partial charge on any atom is -0.478 e. The Bertz CT molecular complexity index is 662. The second-order valence-corrected chi connectivity index (χ2v) is 4.99. The molecule has 0 spiro atoms. The molecule has 2 nitrogen and oxygen atoms in total. The summed E-state index contributed by atoms with van der Waals surface area (Å²) in [7, 11) is 0. The van der Waals surface area contributed by atoms with Gasteiger partial charge in [0.25, 0.3) is 5.92 Å². The number of carboxylic acids is 1. The number of halogens is 2. The van der Waals surface area contributed by atoms with Gasteiger partial charge in [-0.2, -0.15) is 0 Å². The molecule has 1 saturated carbocycles. The first-order valence-electron chi connectivity index (χ1n) is 6.29. The number of hydrogen-bond acceptors (Lipinski definition) is 1. The first-order chi connectivity index (χ1) is 9.49. The molecule has 1 aliphatic rings. The summed E-state index contributed by atoms with van der Waals surface area (Å²) in [4.78, 5) is 11.2. The van der Waals surface area contributed by atoms with E-state index < -0.39 is 17.8 Å². The molecule has 0 bridgehead atoms. The molecular weight excluding hydrogens is 262 g/mol. The highest BCUT2D eigenvalue weighted by Gasteiger charge is 2.57. The topological polar surface area (TPSA) is 37.3 Å². The number of alkyl halides is 2. The van der Waals surface area contributed by atoms with Gasteiger partial charge in [0.1, 0.15) is 0 Å². The van der Waals surface area contributed by atoms with Gasteiger partial charge in [0, 0.05) is 6.42 Å². The Balaban J connectivity index is 1.94. The number of aromatic carboxylic acids is 1. The lowest BCUT2D eigenvalue weighted by molar-refractivity contribution is 0.0697. The Labute approximate surface area is 114 Å². The monoisotopic (exact) mass is 274 g/mol. The SMILES string of the molecule is O=C(O)c1ccccc1-c1ccc(C2CC2(F)F)cc1. The first-order valence-corrected chi connectivity index (χ1v) is 6.29. The average molecular weight is 274 g/mol. The summed E-state index contributed by atoms with van der Waals surface area (Å²) >= 11 is 0. The van der Waals surface area contributed by atoms with Gasteiger partial charge in [0.05, 0.1) is 11.5 Å². The Hall–Kier alpha value is -2.23. The van der Waals surface area contributed by atoms with Crippen molar-refractivity contribution in [2.75, 3.05) is 0 Å². The Morgan fingerprint density at radius 2 is 1.70 bits per heavy atom. The van der Waals surface area contributed by atoms with Crippen LogP contribution in [0.1, 0.15) is 28.3 Å². The van der Waals surface area contributed by atoms with Crippen LogP contribution in [0.5, 0.6) is 0 Å². The summed E-state index contributed by atoms with van der Waals surface area (Å²) in [6.45, 7) is 0. The van der Waals surface area contributed by atoms with E-state index in [1.807, 2.05) is 0 Å². The van der Waals surface area contributed by atoms with Gasteiger partial charge in [0.2, 0.25) is 0 Å². The van der Waals surface area contributed by atoms with Crippen molar-refractivity contribution in [3.8, 4) is 11.1 Å². The van der Waals surface area contributed by atoms with E-state index in [-0.39, 0.29) is 12.0 Å². The summed E-state index contributed by atoms with van der Waals surface area (Å²) in [5.74, 6) is -4.27. The predicted molar refractivity (Wildman–Crippen MR) is 71.1 cm³/mol. The summed E-state index contributed by atoms with van der Waals surface area (Å²) in [6.07, 6.45) is -0.0991. The van der Waals surface area contributed by atoms with Crippen molar-refractivity contribution in [2.45, 2.75) is 18.3 Å². The van der Waals surface area contributed by atoms with Crippen LogP contribution in [0.25, 0.3) is 11.1 Å². The Morgan fingerprint density at radius 1 is 1.10 bits per heavy atom. The molecule has 1 N–H and O–H groups in total. The molecule has 1 fully saturated rings. The van der Waals surface area contributed by atoms with E-state index in [4.69, 9.17) is 5.11 Å². The fourth-order valence-electron chi connectivity index (χ4n) is 2.39. The first kappa shape index (κ1) is 12.8. The number of benzene rings is 2. The summed E-state index contributed by atoms with van der Waals surface area (Å²) in [5, 5.41) is 9.15. The maximum atomic E-state index is 13.0. The third-order valence-corrected chi connectivity index (χ3v) is 3.61. The Morgan fingerprint density at radius 3 is 2.25 bits per heavy atom. The van der Waals surface area contributed by atoms with E-state index in [0.717, 1.165) is 5.56 Å². The van der Waals surface area contributed by atoms with Crippen LogP contribution in [0.15, 0.2) is 48.5 Å². The molecule has 0 heterocycles. The molecule has 0 aliphatic heterocycles. The highest BCUT2D eigenvalue weighted by atomic mass is 19.3. The molecule has 0 radical (unpaired) electrons. The van der Waals surface area contributed by atoms with Gasteiger partial charge in [-0.05, 0) is 22.8 Å². The molecule has 20 heavy (non-hydrogen) atoms. The van der Waals surface area contributed by atoms with Crippen molar-refractivity contribution in [3.05, 3.63) is 59.7 Å². The molecule has 0 amide bonds. The number of rotatable bonds is 3. The summed E-state index contributed by atoms with van der Waals surface area (Å²) in [6, 6.07) is 13.4. The fourth-order valence-corrected chi connectivity index (χ4v) is 2.39. The van der Waals surface area contributed by atoms with Gasteiger partial charge in [-0.1, -0.05) is 42.5 Å². The second kappa shape index (κ2) is 4.40. The molecule has 1 aliphatic carbocycles. The van der Waals surface area contributed by atoms with Crippen molar-refractivity contribution in [1.29, 1.82) is 0 Å². The molecule has 0 aromatic heterocycles. The largest absolute Gasteiger partial charge is 0.478 e. The summed E-state index contributed by atoms with van der Waals surface area (Å²) < 4.78 is 26.0. The molecule has 102 valence electrons. The maximum Gasteiger partial charge on any atom is 0.336 e. The van der Waals surface area contributed by atoms with E-state index in [9.17, 15) is 13.6 Å². The fraction of sp³-hybridized carbons (Fsp3) is 0.188. The van der Waals surface area contributed by atoms with Gasteiger partial charge in [-0.15, -0.1) is 0 Å². The molecule has 3 rings (SSSR count). The quantitative estimate of drug-likeness (QED) is 0.911. The molecule has 1 unspecified atom stereocenters. The van der Waals surface area contributed by atoms with Crippen LogP contribution in [-0.2, 0) is 0 Å². The average Bonchev–Trinajstić information content (AvgIpc) is 3.08. The highest BCUT2D eigenvalue weighted by Crippen LogP contribution is 2.55. The Kier molecular flexibility index (Phi) is 2.82. The van der Waals surface area contributed by atoms with E-state index >= 15 is 0 Å². The van der Waals surface area contributed by atoms with Crippen LogP contribution < -0.4 is 0 Å². The lowest BCUT2D eigenvalue weighted by Gasteiger charge is -2.07. The molecule has 2 aromatic rings. The van der Waals surface area contributed by atoms with Crippen molar-refractivity contribution < 1.29 is 18.7 Å². The molecular formula is C16H12F2O2. The van der Waals surface area contributed by atoms with Crippen LogP contribution >= 0.6 is 0 Å². The van der Waals surface area contributed by atoms with E-state index in [1.165, 1.54) is 6.07 Å². The van der Waals surface area contributed by atoms with Crippen LogP contribution in [0.2, 0.25) is 0 Å². The van der Waals surface area contributed by atoms with Gasteiger partial charge in [0.15, 0.2) is 0 Å². The summed E-state index contributed by atoms with van der Waals surface area (Å²) in [5.41, 5.74) is 2.12. The van der Waals surface area contributed by atoms with E-state index in [0.29, 0.717) is 11.1 Å². The van der Waals surface area contributed by atoms with Crippen LogP contribution in [0, 0.1) is 0 Å². The number of carboxylic acid groups (broad SMARTS) is 1. The standard InChI is InChI=1S/C16H12F2O2/c17-16(18)9-14(16)11-7-5-10(6-8-11)12-3-1-2-4-13(12)15(19)20/h1-8,14H,9H2,(H,19,20). The molecule has 2 aromatic carbocycles. The minimum atomic E-state index is -2.58. The third-order valence-electron chi connectivity index (χ3n) is 3.61. The van der Waals surface area contributed by atoms with E-state index in [2.05, 4.69) is 0 Å². The molecule has 4 heteroatoms. The van der Waals surface area contributed by atoms with Crippen molar-refractivity contribution >= 4 is 5.97 Å². The molecule has 0 saturated heterocycles. The lowest BCUT2D eigenvalue weighted by atomic mass is 9.98. The van der Waals surface area contributed by atoms with Gasteiger partial charge in [-0.25, -0.2) is 13.6 Å². The molecule has 1 atom stereocenters. The number of carbonyl (C=O) groups is 1. The normalized spacial score (nSPS) is 19.6. The van der Waals surface area contributed by atoms with Gasteiger partial charge in [-0.3, -0.25) is 0 Å². The van der Waals surface area contributed by atoms with Crippen molar-refractivity contribution in [2.24, 2.45) is 0 Å². The smallest absolute Gasteiger partial charge is 0.336 e. The highest BCUT2D eigenvalue weighted by molar-refractivity contribution is 5.95.